The molecule has 0 aliphatic carbocycles. The molecule has 0 N–H and O–H groups in total. The molecule has 0 bridgehead atoms. The minimum absolute atomic E-state index is 0.409. The summed E-state index contributed by atoms with van der Waals surface area (Å²) >= 11 is 0. The quantitative estimate of drug-likeness (QED) is 0.309. The van der Waals surface area contributed by atoms with Gasteiger partial charge in [-0.05, 0) is 6.42 Å². The molecule has 0 heterocycles. The summed E-state index contributed by atoms with van der Waals surface area (Å²) in [5.41, 5.74) is 0. The molecular formula is C5H11O2Si. The summed E-state index contributed by atoms with van der Waals surface area (Å²) in [6.07, 6.45) is 1.04. The van der Waals surface area contributed by atoms with E-state index < -0.39 is 0 Å². The zero-order valence-electron chi connectivity index (χ0n) is 5.14. The first kappa shape index (κ1) is 8.14. The Kier molecular flexibility index (Phi) is 7.26. The minimum Gasteiger partial charge on any atom is -0.359 e. The summed E-state index contributed by atoms with van der Waals surface area (Å²) in [6, 6.07) is 0.990. The number of methoxy groups -OCH3 is 1. The highest BCUT2D eigenvalue weighted by atomic mass is 28.1. The van der Waals surface area contributed by atoms with E-state index in [1.54, 1.807) is 7.11 Å². The predicted molar refractivity (Wildman–Crippen MR) is 33.0 cm³/mol. The predicted octanol–water partition coefficient (Wildman–Crippen LogP) is 0.584. The van der Waals surface area contributed by atoms with Crippen molar-refractivity contribution in [3.63, 3.8) is 0 Å². The third-order valence-electron chi connectivity index (χ3n) is 0.667. The van der Waals surface area contributed by atoms with Gasteiger partial charge in [0.05, 0.1) is 0 Å². The van der Waals surface area contributed by atoms with Gasteiger partial charge in [0, 0.05) is 24.0 Å². The Morgan fingerprint density at radius 3 is 2.75 bits per heavy atom. The molecule has 0 saturated heterocycles. The van der Waals surface area contributed by atoms with Crippen molar-refractivity contribution < 1.29 is 9.47 Å². The van der Waals surface area contributed by atoms with Crippen molar-refractivity contribution in [3.05, 3.63) is 0 Å². The Hall–Kier alpha value is 0.137. The molecule has 47 valence electrons. The van der Waals surface area contributed by atoms with Crippen molar-refractivity contribution in [3.8, 4) is 0 Å². The van der Waals surface area contributed by atoms with Crippen LogP contribution in [0.1, 0.15) is 6.42 Å². The Morgan fingerprint density at radius 2 is 2.25 bits per heavy atom. The lowest BCUT2D eigenvalue weighted by Crippen LogP contribution is -1.97. The summed E-state index contributed by atoms with van der Waals surface area (Å²) in [6.45, 7) is 1.18. The SMILES string of the molecule is COCOCCC[Si]. The van der Waals surface area contributed by atoms with Gasteiger partial charge in [-0.2, -0.15) is 0 Å². The molecule has 0 atom stereocenters. The molecule has 0 rings (SSSR count). The third kappa shape index (κ3) is 6.14. The molecule has 8 heavy (non-hydrogen) atoms. The number of ether oxygens (including phenoxy) is 2. The van der Waals surface area contributed by atoms with Crippen LogP contribution in [0.3, 0.4) is 0 Å². The Balaban J connectivity index is 2.53. The van der Waals surface area contributed by atoms with Gasteiger partial charge in [0.2, 0.25) is 0 Å². The fourth-order valence-electron chi connectivity index (χ4n) is 0.316. The molecule has 0 spiro atoms. The van der Waals surface area contributed by atoms with Gasteiger partial charge < -0.3 is 9.47 Å². The van der Waals surface area contributed by atoms with Gasteiger partial charge in [-0.1, -0.05) is 6.04 Å². The maximum Gasteiger partial charge on any atom is 0.146 e. The van der Waals surface area contributed by atoms with Crippen molar-refractivity contribution in [1.82, 2.24) is 0 Å². The van der Waals surface area contributed by atoms with Crippen molar-refractivity contribution in [2.45, 2.75) is 12.5 Å². The molecular weight excluding hydrogens is 120 g/mol. The van der Waals surface area contributed by atoms with E-state index in [0.29, 0.717) is 6.79 Å². The Morgan fingerprint density at radius 1 is 1.50 bits per heavy atom. The molecule has 0 saturated carbocycles. The second kappa shape index (κ2) is 7.14. The molecule has 0 unspecified atom stereocenters. The van der Waals surface area contributed by atoms with Crippen LogP contribution in [0, 0.1) is 0 Å². The van der Waals surface area contributed by atoms with E-state index in [-0.39, 0.29) is 0 Å². The van der Waals surface area contributed by atoms with E-state index >= 15 is 0 Å². The molecule has 0 aromatic carbocycles. The number of hydrogen-bond donors (Lipinski definition) is 0. The molecule has 3 radical (unpaired) electrons. The average Bonchev–Trinajstić information content (AvgIpc) is 1.81. The summed E-state index contributed by atoms with van der Waals surface area (Å²) in [5, 5.41) is 0. The highest BCUT2D eigenvalue weighted by Gasteiger charge is 1.81. The summed E-state index contributed by atoms with van der Waals surface area (Å²) in [5.74, 6) is 0. The lowest BCUT2D eigenvalue weighted by atomic mass is 10.5. The van der Waals surface area contributed by atoms with Crippen molar-refractivity contribution in [2.24, 2.45) is 0 Å². The highest BCUT2D eigenvalue weighted by molar-refractivity contribution is 6.08. The van der Waals surface area contributed by atoms with Crippen LogP contribution in [0.2, 0.25) is 6.04 Å². The second-order valence-electron chi connectivity index (χ2n) is 1.42. The van der Waals surface area contributed by atoms with Crippen LogP contribution in [0.4, 0.5) is 0 Å². The minimum atomic E-state index is 0.409. The normalized spacial score (nSPS) is 9.75. The monoisotopic (exact) mass is 131 g/mol. The van der Waals surface area contributed by atoms with Crippen LogP contribution in [-0.2, 0) is 9.47 Å². The van der Waals surface area contributed by atoms with Crippen LogP contribution in [0.15, 0.2) is 0 Å². The zero-order valence-corrected chi connectivity index (χ0v) is 6.14. The summed E-state index contributed by atoms with van der Waals surface area (Å²) < 4.78 is 9.62. The number of rotatable bonds is 5. The fourth-order valence-corrected chi connectivity index (χ4v) is 0.461. The molecule has 0 aliphatic rings. The van der Waals surface area contributed by atoms with Crippen molar-refractivity contribution in [2.75, 3.05) is 20.5 Å². The van der Waals surface area contributed by atoms with Crippen LogP contribution >= 0.6 is 0 Å². The van der Waals surface area contributed by atoms with Gasteiger partial charge in [0.1, 0.15) is 6.79 Å². The van der Waals surface area contributed by atoms with Gasteiger partial charge in [-0.15, -0.1) is 0 Å². The van der Waals surface area contributed by atoms with Crippen LogP contribution in [0.25, 0.3) is 0 Å². The molecule has 0 aromatic rings. The summed E-state index contributed by atoms with van der Waals surface area (Å²) in [4.78, 5) is 0. The van der Waals surface area contributed by atoms with Gasteiger partial charge in [0.25, 0.3) is 0 Å². The van der Waals surface area contributed by atoms with Crippen LogP contribution in [0.5, 0.6) is 0 Å². The van der Waals surface area contributed by atoms with E-state index in [1.807, 2.05) is 0 Å². The molecule has 0 aromatic heterocycles. The standard InChI is InChI=1S/C5H11O2Si/c1-6-5-7-3-2-4-8/h2-5H2,1H3. The summed E-state index contributed by atoms with van der Waals surface area (Å²) in [7, 11) is 4.94. The molecule has 0 aliphatic heterocycles. The Bertz CT molecular complexity index is 35.4. The third-order valence-corrected chi connectivity index (χ3v) is 1.02. The van der Waals surface area contributed by atoms with Gasteiger partial charge in [0.15, 0.2) is 0 Å². The van der Waals surface area contributed by atoms with Gasteiger partial charge in [-0.3, -0.25) is 0 Å². The maximum absolute atomic E-state index is 4.97. The smallest absolute Gasteiger partial charge is 0.146 e. The first-order chi connectivity index (χ1) is 3.91. The van der Waals surface area contributed by atoms with E-state index in [2.05, 4.69) is 15.0 Å². The first-order valence-corrected chi connectivity index (χ1v) is 3.33. The van der Waals surface area contributed by atoms with Crippen LogP contribution < -0.4 is 0 Å². The lowest BCUT2D eigenvalue weighted by molar-refractivity contribution is -0.0300. The van der Waals surface area contributed by atoms with Gasteiger partial charge >= 0.3 is 0 Å². The van der Waals surface area contributed by atoms with E-state index in [1.165, 1.54) is 0 Å². The maximum atomic E-state index is 4.97. The zero-order chi connectivity index (χ0) is 6.24. The number of hydrogen-bond acceptors (Lipinski definition) is 2. The van der Waals surface area contributed by atoms with Crippen molar-refractivity contribution >= 4 is 10.2 Å². The largest absolute Gasteiger partial charge is 0.359 e. The first-order valence-electron chi connectivity index (χ1n) is 2.63. The van der Waals surface area contributed by atoms with E-state index in [4.69, 9.17) is 4.74 Å². The van der Waals surface area contributed by atoms with E-state index in [0.717, 1.165) is 19.1 Å². The Labute approximate surface area is 53.6 Å². The van der Waals surface area contributed by atoms with E-state index in [9.17, 15) is 0 Å². The molecule has 2 nitrogen and oxygen atoms in total. The van der Waals surface area contributed by atoms with Crippen molar-refractivity contribution in [1.29, 1.82) is 0 Å². The fraction of sp³-hybridized carbons (Fsp3) is 1.00. The van der Waals surface area contributed by atoms with Crippen LogP contribution in [-0.4, -0.2) is 30.8 Å². The second-order valence-corrected chi connectivity index (χ2v) is 1.92. The highest BCUT2D eigenvalue weighted by Crippen LogP contribution is 1.84. The average molecular weight is 131 g/mol. The molecule has 0 amide bonds. The lowest BCUT2D eigenvalue weighted by Gasteiger charge is -1.98. The topological polar surface area (TPSA) is 18.5 Å². The van der Waals surface area contributed by atoms with Gasteiger partial charge in [-0.25, -0.2) is 0 Å². The molecule has 0 fully saturated rings. The molecule has 3 heteroatoms.